The van der Waals surface area contributed by atoms with Crippen molar-refractivity contribution in [3.8, 4) is 0 Å². The van der Waals surface area contributed by atoms with Gasteiger partial charge in [0.05, 0.1) is 5.69 Å². The Balaban J connectivity index is 1.22. The molecule has 0 atom stereocenters. The van der Waals surface area contributed by atoms with E-state index in [9.17, 15) is 23.6 Å². The second kappa shape index (κ2) is 13.9. The van der Waals surface area contributed by atoms with Gasteiger partial charge in [-0.3, -0.25) is 19.3 Å². The third-order valence-electron chi connectivity index (χ3n) is 7.53. The van der Waals surface area contributed by atoms with Crippen LogP contribution in [0.2, 0.25) is 0 Å². The van der Waals surface area contributed by atoms with Crippen molar-refractivity contribution in [3.63, 3.8) is 0 Å². The van der Waals surface area contributed by atoms with Gasteiger partial charge in [-0.2, -0.15) is 0 Å². The minimum atomic E-state index is -0.682. The summed E-state index contributed by atoms with van der Waals surface area (Å²) in [5.41, 5.74) is 1.94. The second-order valence-corrected chi connectivity index (χ2v) is 12.3. The number of nitrogens with zero attached hydrogens (tertiary/aromatic N) is 3. The Morgan fingerprint density at radius 2 is 1.71 bits per heavy atom. The quantitative estimate of drug-likeness (QED) is 0.318. The fourth-order valence-corrected chi connectivity index (χ4v) is 5.31. The molecule has 4 rings (SSSR count). The Morgan fingerprint density at radius 3 is 2.38 bits per heavy atom. The first-order valence-corrected chi connectivity index (χ1v) is 14.7. The van der Waals surface area contributed by atoms with Gasteiger partial charge in [0.1, 0.15) is 5.82 Å². The number of likely N-dealkylation sites (tertiary alicyclic amines) is 1. The highest BCUT2D eigenvalue weighted by molar-refractivity contribution is 5.97. The Morgan fingerprint density at radius 1 is 0.952 bits per heavy atom. The zero-order chi connectivity index (χ0) is 30.3. The van der Waals surface area contributed by atoms with Crippen LogP contribution >= 0.6 is 0 Å². The molecule has 2 aromatic rings. The van der Waals surface area contributed by atoms with Crippen LogP contribution in [0.15, 0.2) is 42.5 Å². The molecule has 0 aliphatic carbocycles. The van der Waals surface area contributed by atoms with Gasteiger partial charge in [-0.15, -0.1) is 0 Å². The normalized spacial score (nSPS) is 16.0. The Hall–Kier alpha value is -3.79. The van der Waals surface area contributed by atoms with Crippen molar-refractivity contribution < 1.29 is 23.6 Å². The van der Waals surface area contributed by atoms with Gasteiger partial charge >= 0.3 is 6.03 Å². The molecule has 0 unspecified atom stereocenters. The summed E-state index contributed by atoms with van der Waals surface area (Å²) in [5, 5.41) is 5.16. The lowest BCUT2D eigenvalue weighted by molar-refractivity contribution is -0.127. The number of benzene rings is 2. The molecule has 2 aliphatic rings. The van der Waals surface area contributed by atoms with Crippen LogP contribution in [0.5, 0.6) is 0 Å². The summed E-state index contributed by atoms with van der Waals surface area (Å²) in [4.78, 5) is 55.3. The molecule has 4 amide bonds. The van der Waals surface area contributed by atoms with E-state index < -0.39 is 11.8 Å². The SMILES string of the molecule is CC(C)(C)CC(=O)c1cccc(CN2CCN(C(=O)c3ccc(NC(=O)NCCCN4CCCC4=O)c(F)c3)CC2)c1. The van der Waals surface area contributed by atoms with Gasteiger partial charge in [0.2, 0.25) is 5.91 Å². The molecule has 9 nitrogen and oxygen atoms in total. The monoisotopic (exact) mass is 579 g/mol. The van der Waals surface area contributed by atoms with E-state index in [1.807, 2.05) is 24.3 Å². The van der Waals surface area contributed by atoms with Gasteiger partial charge in [0.15, 0.2) is 5.78 Å². The van der Waals surface area contributed by atoms with E-state index in [1.165, 1.54) is 12.1 Å². The van der Waals surface area contributed by atoms with E-state index in [-0.39, 0.29) is 34.3 Å². The van der Waals surface area contributed by atoms with E-state index >= 15 is 0 Å². The zero-order valence-electron chi connectivity index (χ0n) is 24.9. The number of carbonyl (C=O) groups is 4. The average molecular weight is 580 g/mol. The molecule has 0 bridgehead atoms. The Kier molecular flexibility index (Phi) is 10.3. The number of hydrogen-bond donors (Lipinski definition) is 2. The first-order valence-electron chi connectivity index (χ1n) is 14.7. The van der Waals surface area contributed by atoms with Gasteiger partial charge in [-0.1, -0.05) is 39.0 Å². The lowest BCUT2D eigenvalue weighted by Crippen LogP contribution is -2.48. The predicted octanol–water partition coefficient (Wildman–Crippen LogP) is 4.54. The minimum Gasteiger partial charge on any atom is -0.343 e. The Bertz CT molecular complexity index is 1300. The number of anilines is 1. The molecule has 2 heterocycles. The van der Waals surface area contributed by atoms with Crippen molar-refractivity contribution in [2.24, 2.45) is 5.41 Å². The van der Waals surface area contributed by atoms with Crippen molar-refractivity contribution in [2.45, 2.75) is 53.0 Å². The van der Waals surface area contributed by atoms with E-state index in [0.29, 0.717) is 65.1 Å². The molecule has 2 N–H and O–H groups in total. The molecule has 2 saturated heterocycles. The number of amides is 4. The number of urea groups is 1. The predicted molar refractivity (Wildman–Crippen MR) is 160 cm³/mol. The fraction of sp³-hybridized carbons (Fsp3) is 0.500. The second-order valence-electron chi connectivity index (χ2n) is 12.3. The molecule has 0 radical (unpaired) electrons. The largest absolute Gasteiger partial charge is 0.343 e. The van der Waals surface area contributed by atoms with Crippen LogP contribution in [0.1, 0.15) is 72.7 Å². The molecule has 2 aliphatic heterocycles. The molecule has 0 aromatic heterocycles. The minimum absolute atomic E-state index is 0.00759. The van der Waals surface area contributed by atoms with Crippen LogP contribution in [0.3, 0.4) is 0 Å². The average Bonchev–Trinajstić information content (AvgIpc) is 3.36. The number of halogens is 1. The van der Waals surface area contributed by atoms with Crippen molar-refractivity contribution >= 4 is 29.3 Å². The molecule has 2 aromatic carbocycles. The van der Waals surface area contributed by atoms with Crippen LogP contribution in [-0.2, 0) is 11.3 Å². The van der Waals surface area contributed by atoms with Crippen LogP contribution in [-0.4, -0.2) is 84.1 Å². The highest BCUT2D eigenvalue weighted by Gasteiger charge is 2.24. The van der Waals surface area contributed by atoms with Gasteiger partial charge < -0.3 is 20.4 Å². The summed E-state index contributed by atoms with van der Waals surface area (Å²) in [6.07, 6.45) is 2.56. The number of rotatable bonds is 10. The van der Waals surface area contributed by atoms with Crippen LogP contribution in [0.4, 0.5) is 14.9 Å². The fourth-order valence-electron chi connectivity index (χ4n) is 5.31. The maximum Gasteiger partial charge on any atom is 0.319 e. The summed E-state index contributed by atoms with van der Waals surface area (Å²) < 4.78 is 14.8. The van der Waals surface area contributed by atoms with Gasteiger partial charge in [-0.25, -0.2) is 9.18 Å². The van der Waals surface area contributed by atoms with Gasteiger partial charge in [0.25, 0.3) is 5.91 Å². The highest BCUT2D eigenvalue weighted by atomic mass is 19.1. The third kappa shape index (κ3) is 8.85. The lowest BCUT2D eigenvalue weighted by Gasteiger charge is -2.35. The summed E-state index contributed by atoms with van der Waals surface area (Å²) in [6, 6.07) is 11.3. The van der Waals surface area contributed by atoms with Crippen LogP contribution < -0.4 is 10.6 Å². The third-order valence-corrected chi connectivity index (χ3v) is 7.53. The van der Waals surface area contributed by atoms with Crippen LogP contribution in [0, 0.1) is 11.2 Å². The van der Waals surface area contributed by atoms with Crippen molar-refractivity contribution in [1.82, 2.24) is 20.0 Å². The summed E-state index contributed by atoms with van der Waals surface area (Å²) >= 11 is 0. The number of piperazine rings is 1. The molecule has 0 spiro atoms. The van der Waals surface area contributed by atoms with Crippen molar-refractivity contribution in [3.05, 3.63) is 65.0 Å². The van der Waals surface area contributed by atoms with E-state index in [1.54, 1.807) is 9.80 Å². The summed E-state index contributed by atoms with van der Waals surface area (Å²) in [5.74, 6) is -0.654. The number of ketones is 1. The van der Waals surface area contributed by atoms with E-state index in [2.05, 4.69) is 36.3 Å². The summed E-state index contributed by atoms with van der Waals surface area (Å²) in [7, 11) is 0. The molecule has 0 saturated carbocycles. The van der Waals surface area contributed by atoms with E-state index in [0.717, 1.165) is 30.2 Å². The first-order chi connectivity index (χ1) is 20.0. The smallest absolute Gasteiger partial charge is 0.319 e. The van der Waals surface area contributed by atoms with Crippen LogP contribution in [0.25, 0.3) is 0 Å². The van der Waals surface area contributed by atoms with Gasteiger partial charge in [0, 0.05) is 76.3 Å². The molecule has 42 heavy (non-hydrogen) atoms. The molecular formula is C32H42FN5O4. The Labute approximate surface area is 247 Å². The standard InChI is InChI=1S/C32H42FN5O4/c1-32(2,3)21-28(39)24-8-4-7-23(19-24)22-36-15-17-38(18-16-36)30(41)25-10-11-27(26(33)20-25)35-31(42)34-12-6-14-37-13-5-9-29(37)40/h4,7-8,10-11,19-20H,5-6,9,12-18,21-22H2,1-3H3,(H2,34,35,42). The molecule has 10 heteroatoms. The van der Waals surface area contributed by atoms with Crippen molar-refractivity contribution in [1.29, 1.82) is 0 Å². The first kappa shape index (κ1) is 31.2. The topological polar surface area (TPSA) is 102 Å². The summed E-state index contributed by atoms with van der Waals surface area (Å²) in [6.45, 7) is 10.9. The number of Topliss-reactive ketones (excluding diaryl/α,β-unsaturated/α-hetero) is 1. The highest BCUT2D eigenvalue weighted by Crippen LogP contribution is 2.23. The maximum atomic E-state index is 14.8. The number of nitrogens with one attached hydrogen (secondary N) is 2. The van der Waals surface area contributed by atoms with Gasteiger partial charge in [-0.05, 0) is 48.1 Å². The maximum absolute atomic E-state index is 14.8. The zero-order valence-corrected chi connectivity index (χ0v) is 24.9. The number of hydrogen-bond acceptors (Lipinski definition) is 5. The molecule has 226 valence electrons. The molecular weight excluding hydrogens is 537 g/mol. The number of carbonyl (C=O) groups excluding carboxylic acids is 4. The molecule has 2 fully saturated rings. The van der Waals surface area contributed by atoms with E-state index in [4.69, 9.17) is 0 Å². The van der Waals surface area contributed by atoms with Crippen molar-refractivity contribution in [2.75, 3.05) is 51.1 Å². The lowest BCUT2D eigenvalue weighted by atomic mass is 9.87.